The van der Waals surface area contributed by atoms with E-state index in [1.165, 1.54) is 0 Å². The molecule has 9 nitrogen and oxygen atoms in total. The molecule has 1 aliphatic rings. The smallest absolute Gasteiger partial charge is 0.224 e. The minimum atomic E-state index is 0.240. The second kappa shape index (κ2) is 7.89. The highest BCUT2D eigenvalue weighted by Crippen LogP contribution is 2.28. The number of nitrogen functional groups attached to an aromatic ring is 1. The molecular formula is C19H24N6O3. The predicted octanol–water partition coefficient (Wildman–Crippen LogP) is 1.57. The third-order valence-electron chi connectivity index (χ3n) is 4.80. The number of hydrogen-bond acceptors (Lipinski definition) is 8. The van der Waals surface area contributed by atoms with E-state index in [0.717, 1.165) is 60.2 Å². The van der Waals surface area contributed by atoms with Gasteiger partial charge in [-0.25, -0.2) is 4.98 Å². The van der Waals surface area contributed by atoms with Crippen molar-refractivity contribution in [1.82, 2.24) is 19.9 Å². The van der Waals surface area contributed by atoms with Crippen molar-refractivity contribution in [3.63, 3.8) is 0 Å². The third-order valence-corrected chi connectivity index (χ3v) is 4.80. The Morgan fingerprint density at radius 1 is 1.07 bits per heavy atom. The molecule has 0 atom stereocenters. The van der Waals surface area contributed by atoms with E-state index in [1.807, 2.05) is 18.2 Å². The largest absolute Gasteiger partial charge is 0.493 e. The second-order valence-electron chi connectivity index (χ2n) is 6.57. The summed E-state index contributed by atoms with van der Waals surface area (Å²) in [6.07, 6.45) is 1.53. The number of anilines is 2. The number of rotatable bonds is 6. The van der Waals surface area contributed by atoms with Crippen molar-refractivity contribution in [2.45, 2.75) is 12.8 Å². The topological polar surface area (TPSA) is 111 Å². The van der Waals surface area contributed by atoms with Crippen LogP contribution in [0.3, 0.4) is 0 Å². The quantitative estimate of drug-likeness (QED) is 0.659. The van der Waals surface area contributed by atoms with Crippen LogP contribution in [0.15, 0.2) is 18.2 Å². The summed E-state index contributed by atoms with van der Waals surface area (Å²) in [7, 11) is 3.27. The number of nitrogens with two attached hydrogens (primary N) is 1. The van der Waals surface area contributed by atoms with Gasteiger partial charge in [0.1, 0.15) is 5.82 Å². The van der Waals surface area contributed by atoms with Gasteiger partial charge < -0.3 is 29.8 Å². The number of methoxy groups -OCH3 is 2. The zero-order chi connectivity index (χ0) is 19.5. The summed E-state index contributed by atoms with van der Waals surface area (Å²) in [5.41, 5.74) is 8.46. The van der Waals surface area contributed by atoms with Gasteiger partial charge in [-0.05, 0) is 24.1 Å². The van der Waals surface area contributed by atoms with Crippen LogP contribution in [0.5, 0.6) is 11.5 Å². The fourth-order valence-electron chi connectivity index (χ4n) is 3.36. The molecule has 4 rings (SSSR count). The van der Waals surface area contributed by atoms with Gasteiger partial charge in [0.05, 0.1) is 27.4 Å². The Labute approximate surface area is 162 Å². The highest BCUT2D eigenvalue weighted by molar-refractivity contribution is 5.84. The molecule has 9 heteroatoms. The average molecular weight is 384 g/mol. The summed E-state index contributed by atoms with van der Waals surface area (Å²) in [6.45, 7) is 2.86. The van der Waals surface area contributed by atoms with Crippen molar-refractivity contribution in [2.24, 2.45) is 0 Å². The minimum absolute atomic E-state index is 0.240. The molecule has 0 bridgehead atoms. The zero-order valence-electron chi connectivity index (χ0n) is 16.1. The number of ether oxygens (including phenoxy) is 3. The number of nitrogens with zero attached hydrogens (tertiary/aromatic N) is 4. The molecule has 3 N–H and O–H groups in total. The molecule has 148 valence electrons. The standard InChI is InChI=1S/C19H24N6O3/c1-26-13-5-3-12(11-14(13)27-2)4-6-15-21-16-17(22-15)23-19(20)24-18(16)25-7-9-28-10-8-25/h3,5,11H,4,6-10H2,1-2H3,(H3,20,21,22,23,24). The van der Waals surface area contributed by atoms with Gasteiger partial charge in [-0.2, -0.15) is 9.97 Å². The van der Waals surface area contributed by atoms with E-state index in [9.17, 15) is 0 Å². The van der Waals surface area contributed by atoms with Crippen LogP contribution in [0.4, 0.5) is 11.8 Å². The first-order chi connectivity index (χ1) is 13.7. The van der Waals surface area contributed by atoms with E-state index in [2.05, 4.69) is 19.9 Å². The number of morpholine rings is 1. The number of imidazole rings is 1. The molecule has 0 amide bonds. The van der Waals surface area contributed by atoms with Crippen LogP contribution in [-0.2, 0) is 17.6 Å². The van der Waals surface area contributed by atoms with Crippen LogP contribution in [0, 0.1) is 0 Å². The lowest BCUT2D eigenvalue weighted by atomic mass is 10.1. The molecule has 0 saturated carbocycles. The van der Waals surface area contributed by atoms with Crippen molar-refractivity contribution in [3.8, 4) is 11.5 Å². The van der Waals surface area contributed by atoms with Crippen molar-refractivity contribution in [2.75, 3.05) is 51.2 Å². The Bertz CT molecular complexity index is 968. The van der Waals surface area contributed by atoms with Gasteiger partial charge in [0, 0.05) is 19.5 Å². The molecule has 1 saturated heterocycles. The summed E-state index contributed by atoms with van der Waals surface area (Å²) < 4.78 is 16.1. The normalized spacial score (nSPS) is 14.4. The van der Waals surface area contributed by atoms with Crippen molar-refractivity contribution < 1.29 is 14.2 Å². The maximum atomic E-state index is 5.91. The lowest BCUT2D eigenvalue weighted by molar-refractivity contribution is 0.122. The molecule has 3 aromatic rings. The lowest BCUT2D eigenvalue weighted by Crippen LogP contribution is -2.37. The molecule has 0 spiro atoms. The van der Waals surface area contributed by atoms with E-state index >= 15 is 0 Å². The molecule has 1 aliphatic heterocycles. The third kappa shape index (κ3) is 3.65. The summed E-state index contributed by atoms with van der Waals surface area (Å²) >= 11 is 0. The van der Waals surface area contributed by atoms with E-state index in [1.54, 1.807) is 14.2 Å². The van der Waals surface area contributed by atoms with Crippen LogP contribution in [0.1, 0.15) is 11.4 Å². The fourth-order valence-corrected chi connectivity index (χ4v) is 3.36. The van der Waals surface area contributed by atoms with Gasteiger partial charge in [0.25, 0.3) is 0 Å². The first-order valence-electron chi connectivity index (χ1n) is 9.23. The molecule has 0 radical (unpaired) electrons. The summed E-state index contributed by atoms with van der Waals surface area (Å²) in [4.78, 5) is 18.9. The number of nitrogens with one attached hydrogen (secondary N) is 1. The Hall–Kier alpha value is -3.07. The molecule has 1 fully saturated rings. The Morgan fingerprint density at radius 3 is 2.61 bits per heavy atom. The van der Waals surface area contributed by atoms with E-state index in [0.29, 0.717) is 18.9 Å². The van der Waals surface area contributed by atoms with Crippen molar-refractivity contribution >= 4 is 22.9 Å². The molecule has 28 heavy (non-hydrogen) atoms. The molecule has 3 heterocycles. The Kier molecular flexibility index (Phi) is 5.16. The Balaban J connectivity index is 1.56. The van der Waals surface area contributed by atoms with Gasteiger partial charge in [-0.1, -0.05) is 6.07 Å². The predicted molar refractivity (Wildman–Crippen MR) is 106 cm³/mol. The van der Waals surface area contributed by atoms with Crippen molar-refractivity contribution in [3.05, 3.63) is 29.6 Å². The van der Waals surface area contributed by atoms with E-state index in [4.69, 9.17) is 24.9 Å². The first-order valence-corrected chi connectivity index (χ1v) is 9.23. The van der Waals surface area contributed by atoms with Gasteiger partial charge in [-0.3, -0.25) is 0 Å². The fraction of sp³-hybridized carbons (Fsp3) is 0.421. The lowest BCUT2D eigenvalue weighted by Gasteiger charge is -2.27. The number of H-pyrrole nitrogens is 1. The molecular weight excluding hydrogens is 360 g/mol. The van der Waals surface area contributed by atoms with Gasteiger partial charge in [0.2, 0.25) is 5.95 Å². The van der Waals surface area contributed by atoms with Gasteiger partial charge >= 0.3 is 0 Å². The monoisotopic (exact) mass is 384 g/mol. The molecule has 1 aromatic carbocycles. The number of aromatic nitrogens is 4. The van der Waals surface area contributed by atoms with Gasteiger partial charge in [-0.15, -0.1) is 0 Å². The highest BCUT2D eigenvalue weighted by Gasteiger charge is 2.19. The highest BCUT2D eigenvalue weighted by atomic mass is 16.5. The molecule has 2 aromatic heterocycles. The average Bonchev–Trinajstić information content (AvgIpc) is 3.14. The second-order valence-corrected chi connectivity index (χ2v) is 6.57. The number of aryl methyl sites for hydroxylation is 2. The van der Waals surface area contributed by atoms with Crippen LogP contribution in [0.25, 0.3) is 11.2 Å². The minimum Gasteiger partial charge on any atom is -0.493 e. The van der Waals surface area contributed by atoms with E-state index in [-0.39, 0.29) is 5.95 Å². The van der Waals surface area contributed by atoms with Crippen LogP contribution >= 0.6 is 0 Å². The Morgan fingerprint density at radius 2 is 1.86 bits per heavy atom. The van der Waals surface area contributed by atoms with Gasteiger partial charge in [0.15, 0.2) is 28.5 Å². The number of aromatic amines is 1. The zero-order valence-corrected chi connectivity index (χ0v) is 16.1. The number of benzene rings is 1. The first kappa shape index (κ1) is 18.3. The molecule has 0 unspecified atom stereocenters. The maximum absolute atomic E-state index is 5.91. The van der Waals surface area contributed by atoms with E-state index < -0.39 is 0 Å². The summed E-state index contributed by atoms with van der Waals surface area (Å²) in [6, 6.07) is 5.93. The number of hydrogen-bond donors (Lipinski definition) is 2. The summed E-state index contributed by atoms with van der Waals surface area (Å²) in [5.74, 6) is 3.29. The van der Waals surface area contributed by atoms with Crippen LogP contribution in [-0.4, -0.2) is 60.5 Å². The van der Waals surface area contributed by atoms with Crippen LogP contribution in [0.2, 0.25) is 0 Å². The van der Waals surface area contributed by atoms with Crippen LogP contribution < -0.4 is 20.1 Å². The molecule has 0 aliphatic carbocycles. The maximum Gasteiger partial charge on any atom is 0.224 e. The number of fused-ring (bicyclic) bond motifs is 1. The SMILES string of the molecule is COc1ccc(CCc2nc3c(N4CCOCC4)nc(N)nc3[nH]2)cc1OC. The summed E-state index contributed by atoms with van der Waals surface area (Å²) in [5, 5.41) is 0. The van der Waals surface area contributed by atoms with Crippen molar-refractivity contribution in [1.29, 1.82) is 0 Å².